The number of hydrogen-bond acceptors (Lipinski definition) is 1. The molecule has 23 heavy (non-hydrogen) atoms. The van der Waals surface area contributed by atoms with Gasteiger partial charge in [0.05, 0.1) is 0 Å². The molecule has 4 rings (SSSR count). The Labute approximate surface area is 138 Å². The second-order valence-electron chi connectivity index (χ2n) is 8.14. The summed E-state index contributed by atoms with van der Waals surface area (Å²) in [5, 5.41) is 0. The summed E-state index contributed by atoms with van der Waals surface area (Å²) in [5.74, 6) is 0.455. The smallest absolute Gasteiger partial charge is 0.166 e. The van der Waals surface area contributed by atoms with E-state index >= 15 is 0 Å². The maximum Gasteiger partial charge on any atom is 0.166 e. The predicted molar refractivity (Wildman–Crippen MR) is 93.7 cm³/mol. The highest BCUT2D eigenvalue weighted by molar-refractivity contribution is 5.99. The van der Waals surface area contributed by atoms with Crippen LogP contribution in [0.5, 0.6) is 0 Å². The van der Waals surface area contributed by atoms with Gasteiger partial charge in [-0.05, 0) is 42.2 Å². The van der Waals surface area contributed by atoms with Gasteiger partial charge in [-0.3, -0.25) is 4.79 Å². The SMILES string of the molecule is CC1(C)C[C@H](C(=O)c2ccccc2)[C@]2(CCc3ccccc32)C1. The van der Waals surface area contributed by atoms with E-state index in [9.17, 15) is 4.79 Å². The normalized spacial score (nSPS) is 28.0. The molecule has 0 amide bonds. The minimum absolute atomic E-state index is 0.0486. The molecule has 2 aliphatic rings. The van der Waals surface area contributed by atoms with Crippen LogP contribution in [-0.4, -0.2) is 5.78 Å². The molecule has 0 aromatic heterocycles. The summed E-state index contributed by atoms with van der Waals surface area (Å²) in [6.07, 6.45) is 4.36. The Hall–Kier alpha value is -1.89. The quantitative estimate of drug-likeness (QED) is 0.698. The average Bonchev–Trinajstić information content (AvgIpc) is 3.06. The Morgan fingerprint density at radius 2 is 1.70 bits per heavy atom. The van der Waals surface area contributed by atoms with Crippen LogP contribution in [-0.2, 0) is 11.8 Å². The minimum Gasteiger partial charge on any atom is -0.294 e. The maximum atomic E-state index is 13.3. The van der Waals surface area contributed by atoms with Crippen LogP contribution in [0, 0.1) is 11.3 Å². The summed E-state index contributed by atoms with van der Waals surface area (Å²) < 4.78 is 0. The summed E-state index contributed by atoms with van der Waals surface area (Å²) in [6, 6.07) is 18.7. The zero-order valence-corrected chi connectivity index (χ0v) is 14.0. The van der Waals surface area contributed by atoms with Gasteiger partial charge in [0.2, 0.25) is 0 Å². The van der Waals surface area contributed by atoms with Crippen molar-refractivity contribution in [3.63, 3.8) is 0 Å². The Kier molecular flexibility index (Phi) is 3.23. The molecule has 2 atom stereocenters. The third-order valence-corrected chi connectivity index (χ3v) is 5.99. The van der Waals surface area contributed by atoms with E-state index in [1.807, 2.05) is 30.3 Å². The molecule has 1 spiro atoms. The standard InChI is InChI=1S/C22H24O/c1-21(2)14-19(20(23)17-9-4-3-5-10-17)22(15-21)13-12-16-8-6-7-11-18(16)22/h3-11,19H,12-15H2,1-2H3/t19-,22-/m1/s1. The van der Waals surface area contributed by atoms with Crippen LogP contribution >= 0.6 is 0 Å². The molecule has 1 fully saturated rings. The third kappa shape index (κ3) is 2.25. The third-order valence-electron chi connectivity index (χ3n) is 5.99. The van der Waals surface area contributed by atoms with E-state index in [2.05, 4.69) is 38.1 Å². The minimum atomic E-state index is 0.0486. The number of fused-ring (bicyclic) bond motifs is 2. The van der Waals surface area contributed by atoms with Gasteiger partial charge in [-0.15, -0.1) is 0 Å². The number of rotatable bonds is 2. The first-order valence-corrected chi connectivity index (χ1v) is 8.70. The van der Waals surface area contributed by atoms with E-state index in [1.165, 1.54) is 11.1 Å². The second kappa shape index (κ2) is 5.06. The van der Waals surface area contributed by atoms with Crippen molar-refractivity contribution in [2.24, 2.45) is 11.3 Å². The lowest BCUT2D eigenvalue weighted by molar-refractivity contribution is 0.0866. The second-order valence-corrected chi connectivity index (χ2v) is 8.14. The average molecular weight is 304 g/mol. The van der Waals surface area contributed by atoms with Gasteiger partial charge in [-0.1, -0.05) is 68.4 Å². The molecule has 118 valence electrons. The highest BCUT2D eigenvalue weighted by Gasteiger charge is 2.56. The summed E-state index contributed by atoms with van der Waals surface area (Å²) in [6.45, 7) is 4.65. The molecule has 0 radical (unpaired) electrons. The Morgan fingerprint density at radius 1 is 1.00 bits per heavy atom. The highest BCUT2D eigenvalue weighted by atomic mass is 16.1. The van der Waals surface area contributed by atoms with Crippen molar-refractivity contribution in [1.82, 2.24) is 0 Å². The molecule has 0 bridgehead atoms. The van der Waals surface area contributed by atoms with Crippen molar-refractivity contribution < 1.29 is 4.79 Å². The van der Waals surface area contributed by atoms with Crippen LogP contribution in [0.2, 0.25) is 0 Å². The zero-order valence-electron chi connectivity index (χ0n) is 14.0. The number of ketones is 1. The fourth-order valence-electron chi connectivity index (χ4n) is 5.21. The number of carbonyl (C=O) groups excluding carboxylic acids is 1. The van der Waals surface area contributed by atoms with E-state index in [1.54, 1.807) is 0 Å². The molecule has 1 saturated carbocycles. The molecular formula is C22H24O. The molecule has 0 saturated heterocycles. The maximum absolute atomic E-state index is 13.3. The fraction of sp³-hybridized carbons (Fsp3) is 0.409. The van der Waals surface area contributed by atoms with Gasteiger partial charge in [-0.2, -0.15) is 0 Å². The number of Topliss-reactive ketones (excluding diaryl/α,β-unsaturated/α-hetero) is 1. The van der Waals surface area contributed by atoms with Crippen LogP contribution in [0.3, 0.4) is 0 Å². The molecule has 0 heterocycles. The lowest BCUT2D eigenvalue weighted by atomic mass is 9.70. The van der Waals surface area contributed by atoms with Gasteiger partial charge in [-0.25, -0.2) is 0 Å². The van der Waals surface area contributed by atoms with E-state index in [0.29, 0.717) is 5.78 Å². The molecule has 0 unspecified atom stereocenters. The zero-order chi connectivity index (χ0) is 16.1. The molecule has 2 aromatic rings. The summed E-state index contributed by atoms with van der Waals surface area (Å²) in [7, 11) is 0. The lowest BCUT2D eigenvalue weighted by Crippen LogP contribution is -2.33. The van der Waals surface area contributed by atoms with Crippen LogP contribution in [0.25, 0.3) is 0 Å². The Morgan fingerprint density at radius 3 is 2.48 bits per heavy atom. The molecule has 0 N–H and O–H groups in total. The number of benzene rings is 2. The molecule has 1 heteroatoms. The molecular weight excluding hydrogens is 280 g/mol. The molecule has 0 aliphatic heterocycles. The highest BCUT2D eigenvalue weighted by Crippen LogP contribution is 2.60. The molecule has 2 aliphatic carbocycles. The van der Waals surface area contributed by atoms with Crippen LogP contribution in [0.15, 0.2) is 54.6 Å². The summed E-state index contributed by atoms with van der Waals surface area (Å²) in [4.78, 5) is 13.3. The lowest BCUT2D eigenvalue weighted by Gasteiger charge is -2.32. The first kappa shape index (κ1) is 14.7. The van der Waals surface area contributed by atoms with Crippen molar-refractivity contribution in [3.05, 3.63) is 71.3 Å². The van der Waals surface area contributed by atoms with Crippen molar-refractivity contribution in [2.45, 2.75) is 44.9 Å². The number of carbonyl (C=O) groups is 1. The Balaban J connectivity index is 1.81. The van der Waals surface area contributed by atoms with Crippen molar-refractivity contribution >= 4 is 5.78 Å². The summed E-state index contributed by atoms with van der Waals surface area (Å²) >= 11 is 0. The monoisotopic (exact) mass is 304 g/mol. The van der Waals surface area contributed by atoms with Gasteiger partial charge in [0, 0.05) is 16.9 Å². The largest absolute Gasteiger partial charge is 0.294 e. The van der Waals surface area contributed by atoms with Crippen LogP contribution in [0.1, 0.15) is 54.6 Å². The van der Waals surface area contributed by atoms with Gasteiger partial charge in [0.1, 0.15) is 0 Å². The number of hydrogen-bond donors (Lipinski definition) is 0. The number of aryl methyl sites for hydroxylation is 1. The van der Waals surface area contributed by atoms with Gasteiger partial charge < -0.3 is 0 Å². The van der Waals surface area contributed by atoms with E-state index < -0.39 is 0 Å². The topological polar surface area (TPSA) is 17.1 Å². The molecule has 2 aromatic carbocycles. The van der Waals surface area contributed by atoms with E-state index in [0.717, 1.165) is 31.2 Å². The fourth-order valence-corrected chi connectivity index (χ4v) is 5.21. The van der Waals surface area contributed by atoms with E-state index in [4.69, 9.17) is 0 Å². The van der Waals surface area contributed by atoms with Gasteiger partial charge >= 0.3 is 0 Å². The Bertz CT molecular complexity index is 744. The van der Waals surface area contributed by atoms with Crippen molar-refractivity contribution in [2.75, 3.05) is 0 Å². The first-order valence-electron chi connectivity index (χ1n) is 8.70. The van der Waals surface area contributed by atoms with Crippen LogP contribution in [0.4, 0.5) is 0 Å². The van der Waals surface area contributed by atoms with Crippen molar-refractivity contribution in [1.29, 1.82) is 0 Å². The van der Waals surface area contributed by atoms with Gasteiger partial charge in [0.25, 0.3) is 0 Å². The van der Waals surface area contributed by atoms with Crippen LogP contribution < -0.4 is 0 Å². The first-order chi connectivity index (χ1) is 11.0. The molecule has 1 nitrogen and oxygen atoms in total. The predicted octanol–water partition coefficient (Wildman–Crippen LogP) is 5.19. The van der Waals surface area contributed by atoms with Gasteiger partial charge in [0.15, 0.2) is 5.78 Å². The van der Waals surface area contributed by atoms with Crippen molar-refractivity contribution in [3.8, 4) is 0 Å². The van der Waals surface area contributed by atoms with E-state index in [-0.39, 0.29) is 16.7 Å². The summed E-state index contributed by atoms with van der Waals surface area (Å²) in [5.41, 5.74) is 4.05.